The zero-order valence-electron chi connectivity index (χ0n) is 33.8. The molecule has 0 bridgehead atoms. The van der Waals surface area contributed by atoms with Crippen molar-refractivity contribution >= 4 is 48.5 Å². The number of thiophene rings is 1. The van der Waals surface area contributed by atoms with E-state index in [1.54, 1.807) is 0 Å². The Kier molecular flexibility index (Phi) is 7.86. The summed E-state index contributed by atoms with van der Waals surface area (Å²) < 4.78 is 2.77. The lowest BCUT2D eigenvalue weighted by atomic mass is 9.67. The van der Waals surface area contributed by atoms with Gasteiger partial charge in [0.15, 0.2) is 0 Å². The number of hydrogen-bond acceptors (Lipinski definition) is 2. The van der Waals surface area contributed by atoms with Gasteiger partial charge in [-0.3, -0.25) is 0 Å². The van der Waals surface area contributed by atoms with E-state index < -0.39 is 5.41 Å². The molecule has 3 aliphatic rings. The molecule has 1 unspecified atom stereocenters. The van der Waals surface area contributed by atoms with Gasteiger partial charge in [0.2, 0.25) is 0 Å². The molecule has 0 radical (unpaired) electrons. The molecule has 1 nitrogen and oxygen atoms in total. The van der Waals surface area contributed by atoms with Gasteiger partial charge in [0.1, 0.15) is 0 Å². The molecule has 0 fully saturated rings. The van der Waals surface area contributed by atoms with Gasteiger partial charge >= 0.3 is 0 Å². The zero-order chi connectivity index (χ0) is 40.0. The predicted molar refractivity (Wildman–Crippen MR) is 255 cm³/mol. The molecule has 60 heavy (non-hydrogen) atoms. The van der Waals surface area contributed by atoms with Crippen LogP contribution < -0.4 is 4.90 Å². The van der Waals surface area contributed by atoms with E-state index in [0.29, 0.717) is 0 Å². The second kappa shape index (κ2) is 13.4. The molecule has 8 aromatic carbocycles. The summed E-state index contributed by atoms with van der Waals surface area (Å²) in [5.41, 5.74) is 17.9. The van der Waals surface area contributed by atoms with Crippen LogP contribution in [-0.4, -0.2) is 6.04 Å². The highest BCUT2D eigenvalue weighted by molar-refractivity contribution is 7.26. The van der Waals surface area contributed by atoms with Crippen molar-refractivity contribution in [2.45, 2.75) is 37.1 Å². The van der Waals surface area contributed by atoms with Crippen LogP contribution in [0, 0.1) is 0 Å². The number of anilines is 2. The lowest BCUT2D eigenvalue weighted by Crippen LogP contribution is -2.34. The maximum Gasteiger partial charge on any atom is 0.0714 e. The summed E-state index contributed by atoms with van der Waals surface area (Å²) >= 11 is 1.95. The molecule has 2 heteroatoms. The van der Waals surface area contributed by atoms with Crippen molar-refractivity contribution in [1.82, 2.24) is 0 Å². The molecule has 0 amide bonds. The average molecular weight is 786 g/mol. The Hall–Kier alpha value is -6.74. The van der Waals surface area contributed by atoms with E-state index >= 15 is 0 Å². The van der Waals surface area contributed by atoms with Crippen molar-refractivity contribution in [3.05, 3.63) is 245 Å². The summed E-state index contributed by atoms with van der Waals surface area (Å²) in [6, 6.07) is 72.4. The molecule has 0 N–H and O–H groups in total. The first kappa shape index (κ1) is 35.2. The molecule has 286 valence electrons. The molecule has 12 rings (SSSR count). The molecule has 0 saturated heterocycles. The molecule has 0 spiro atoms. The van der Waals surface area contributed by atoms with Crippen LogP contribution in [0.2, 0.25) is 0 Å². The predicted octanol–water partition coefficient (Wildman–Crippen LogP) is 15.3. The quantitative estimate of drug-likeness (QED) is 0.162. The van der Waals surface area contributed by atoms with Gasteiger partial charge in [-0.15, -0.1) is 11.3 Å². The van der Waals surface area contributed by atoms with Crippen LogP contribution in [0.3, 0.4) is 0 Å². The number of nitrogens with zero attached hydrogens (tertiary/aromatic N) is 1. The van der Waals surface area contributed by atoms with E-state index in [1.165, 1.54) is 98.3 Å². The van der Waals surface area contributed by atoms with Crippen molar-refractivity contribution < 1.29 is 0 Å². The lowest BCUT2D eigenvalue weighted by Gasteiger charge is -2.38. The summed E-state index contributed by atoms with van der Waals surface area (Å²) in [7, 11) is 0. The highest BCUT2D eigenvalue weighted by Gasteiger charge is 2.47. The fourth-order valence-electron chi connectivity index (χ4n) is 11.0. The second-order valence-corrected chi connectivity index (χ2v) is 18.2. The summed E-state index contributed by atoms with van der Waals surface area (Å²) in [6.45, 7) is 4.90. The van der Waals surface area contributed by atoms with Crippen molar-refractivity contribution in [3.8, 4) is 22.3 Å². The molecule has 9 aromatic rings. The summed E-state index contributed by atoms with van der Waals surface area (Å²) in [6.07, 6.45) is 5.89. The van der Waals surface area contributed by atoms with Crippen molar-refractivity contribution in [2.75, 3.05) is 4.90 Å². The third kappa shape index (κ3) is 5.04. The third-order valence-electron chi connectivity index (χ3n) is 13.8. The molecule has 0 aliphatic heterocycles. The van der Waals surface area contributed by atoms with Crippen molar-refractivity contribution in [2.24, 2.45) is 0 Å². The van der Waals surface area contributed by atoms with Gasteiger partial charge in [-0.25, -0.2) is 0 Å². The highest BCUT2D eigenvalue weighted by Crippen LogP contribution is 2.58. The van der Waals surface area contributed by atoms with E-state index in [4.69, 9.17) is 0 Å². The molecule has 1 aromatic heterocycles. The van der Waals surface area contributed by atoms with Crippen LogP contribution in [0.15, 0.2) is 212 Å². The number of benzene rings is 8. The zero-order valence-corrected chi connectivity index (χ0v) is 34.6. The average Bonchev–Trinajstić information content (AvgIpc) is 3.91. The minimum Gasteiger partial charge on any atom is -0.334 e. The van der Waals surface area contributed by atoms with Gasteiger partial charge < -0.3 is 4.90 Å². The normalized spacial score (nSPS) is 16.7. The maximum absolute atomic E-state index is 2.62. The van der Waals surface area contributed by atoms with Crippen LogP contribution in [0.1, 0.15) is 53.6 Å². The maximum atomic E-state index is 2.62. The SMILES string of the molecule is CC1(C)C2=C(C=CC(N(c3ccc(-c4ccccc4)cc3)c3ccc4c(c3)C(c3ccccc3)(c3ccccc3)c3ccccc3-4)C2)c2c1ccc1c2sc2ccccc21. The van der Waals surface area contributed by atoms with Crippen molar-refractivity contribution in [3.63, 3.8) is 0 Å². The second-order valence-electron chi connectivity index (χ2n) is 17.2. The smallest absolute Gasteiger partial charge is 0.0714 e. The van der Waals surface area contributed by atoms with E-state index in [9.17, 15) is 0 Å². The van der Waals surface area contributed by atoms with E-state index in [-0.39, 0.29) is 11.5 Å². The minimum atomic E-state index is -0.476. The van der Waals surface area contributed by atoms with Crippen molar-refractivity contribution in [1.29, 1.82) is 0 Å². The molecule has 0 saturated carbocycles. The fourth-order valence-corrected chi connectivity index (χ4v) is 12.3. The first-order chi connectivity index (χ1) is 29.5. The standard InChI is InChI=1S/C58H43NS/c1-57(2)51-35-34-48-47-23-13-15-25-54(47)60-56(48)55(51)49-33-31-43(36-52(49)57)59(42-28-26-39(27-29-42)38-16-6-3-7-17-38)44-30-32-46-45-22-12-14-24-50(45)58(53(46)37-44,40-18-8-4-9-19-40)41-20-10-5-11-21-41/h3-35,37,43H,36H2,1-2H3. The third-order valence-corrected chi connectivity index (χ3v) is 15.0. The first-order valence-corrected chi connectivity index (χ1v) is 22.0. The van der Waals surface area contributed by atoms with E-state index in [2.05, 4.69) is 225 Å². The summed E-state index contributed by atoms with van der Waals surface area (Å²) in [5.74, 6) is 0. The van der Waals surface area contributed by atoms with Crippen LogP contribution in [0.5, 0.6) is 0 Å². The number of hydrogen-bond donors (Lipinski definition) is 0. The monoisotopic (exact) mass is 785 g/mol. The lowest BCUT2D eigenvalue weighted by molar-refractivity contribution is 0.585. The number of rotatable bonds is 6. The van der Waals surface area contributed by atoms with Crippen LogP contribution in [0.4, 0.5) is 11.4 Å². The first-order valence-electron chi connectivity index (χ1n) is 21.2. The summed E-state index contributed by atoms with van der Waals surface area (Å²) in [5, 5.41) is 2.73. The van der Waals surface area contributed by atoms with Gasteiger partial charge in [-0.2, -0.15) is 0 Å². The van der Waals surface area contributed by atoms with E-state index in [1.807, 2.05) is 11.3 Å². The van der Waals surface area contributed by atoms with Crippen LogP contribution in [0.25, 0.3) is 48.0 Å². The van der Waals surface area contributed by atoms with Gasteiger partial charge in [-0.1, -0.05) is 190 Å². The Morgan fingerprint density at radius 2 is 1.13 bits per heavy atom. The van der Waals surface area contributed by atoms with Crippen LogP contribution in [-0.2, 0) is 10.8 Å². The highest BCUT2D eigenvalue weighted by atomic mass is 32.1. The minimum absolute atomic E-state index is 0.0995. The summed E-state index contributed by atoms with van der Waals surface area (Å²) in [4.78, 5) is 2.62. The Labute approximate surface area is 356 Å². The Morgan fingerprint density at radius 3 is 1.88 bits per heavy atom. The Bertz CT molecular complexity index is 3150. The van der Waals surface area contributed by atoms with Gasteiger partial charge in [0.25, 0.3) is 0 Å². The fraction of sp³-hybridized carbons (Fsp3) is 0.103. The Morgan fingerprint density at radius 1 is 0.517 bits per heavy atom. The molecule has 3 aliphatic carbocycles. The Balaban J connectivity index is 1.04. The van der Waals surface area contributed by atoms with Gasteiger partial charge in [0.05, 0.1) is 11.5 Å². The molecular weight excluding hydrogens is 743 g/mol. The largest absolute Gasteiger partial charge is 0.334 e. The number of allylic oxidation sites excluding steroid dienone is 2. The molecular formula is C58H43NS. The van der Waals surface area contributed by atoms with Crippen LogP contribution >= 0.6 is 11.3 Å². The number of fused-ring (bicyclic) bond motifs is 9. The molecule has 1 heterocycles. The van der Waals surface area contributed by atoms with Gasteiger partial charge in [-0.05, 0) is 98.0 Å². The molecule has 1 atom stereocenters. The van der Waals surface area contributed by atoms with Gasteiger partial charge in [0, 0.05) is 42.5 Å². The topological polar surface area (TPSA) is 3.24 Å². The van der Waals surface area contributed by atoms with E-state index in [0.717, 1.165) is 6.42 Å².